The van der Waals surface area contributed by atoms with Crippen molar-refractivity contribution in [1.82, 2.24) is 10.2 Å². The number of rotatable bonds is 6. The number of hydrogen-bond acceptors (Lipinski definition) is 4. The van der Waals surface area contributed by atoms with E-state index in [0.717, 1.165) is 31.4 Å². The molecule has 1 unspecified atom stereocenters. The number of hydrogen-bond donors (Lipinski definition) is 1. The van der Waals surface area contributed by atoms with Gasteiger partial charge in [-0.05, 0) is 12.0 Å². The Balaban J connectivity index is 2.14. The van der Waals surface area contributed by atoms with Crippen molar-refractivity contribution >= 4 is 11.6 Å². The van der Waals surface area contributed by atoms with Crippen LogP contribution in [0.25, 0.3) is 0 Å². The fraction of sp³-hybridized carbons (Fsp3) is 0.500. The monoisotopic (exact) mass is 277 g/mol. The summed E-state index contributed by atoms with van der Waals surface area (Å²) >= 11 is 0. The maximum atomic E-state index is 11.6. The van der Waals surface area contributed by atoms with Crippen molar-refractivity contribution in [3.8, 4) is 0 Å². The van der Waals surface area contributed by atoms with Crippen molar-refractivity contribution in [3.63, 3.8) is 0 Å². The highest BCUT2D eigenvalue weighted by molar-refractivity contribution is 5.80. The molecule has 0 aliphatic carbocycles. The number of nitro benzene ring substituents is 1. The highest BCUT2D eigenvalue weighted by Gasteiger charge is 2.30. The molecule has 0 aromatic heterocycles. The summed E-state index contributed by atoms with van der Waals surface area (Å²) in [5.74, 6) is -0.0296. The van der Waals surface area contributed by atoms with Gasteiger partial charge in [0, 0.05) is 18.7 Å². The predicted octanol–water partition coefficient (Wildman–Crippen LogP) is 2.22. The molecule has 0 radical (unpaired) electrons. The van der Waals surface area contributed by atoms with E-state index in [0.29, 0.717) is 6.54 Å². The molecule has 108 valence electrons. The standard InChI is InChI=1S/C14H19N3O3/c1-2-3-4-8-16-10-13(18)15-14(16)11-6-5-7-12(9-11)17(19)20/h5-7,9,14H,2-4,8,10H2,1H3,(H,15,18). The van der Waals surface area contributed by atoms with E-state index in [2.05, 4.69) is 12.2 Å². The molecular formula is C14H19N3O3. The molecule has 1 aliphatic heterocycles. The maximum Gasteiger partial charge on any atom is 0.269 e. The summed E-state index contributed by atoms with van der Waals surface area (Å²) in [7, 11) is 0. The summed E-state index contributed by atoms with van der Waals surface area (Å²) in [5, 5.41) is 13.7. The summed E-state index contributed by atoms with van der Waals surface area (Å²) in [6.45, 7) is 3.31. The summed E-state index contributed by atoms with van der Waals surface area (Å²) in [4.78, 5) is 24.1. The normalized spacial score (nSPS) is 19.1. The lowest BCUT2D eigenvalue weighted by Crippen LogP contribution is -2.28. The molecule has 1 saturated heterocycles. The molecule has 0 spiro atoms. The van der Waals surface area contributed by atoms with Crippen LogP contribution in [-0.4, -0.2) is 28.8 Å². The third-order valence-electron chi connectivity index (χ3n) is 3.46. The number of unbranched alkanes of at least 4 members (excludes halogenated alkanes) is 2. The second kappa shape index (κ2) is 6.47. The predicted molar refractivity (Wildman–Crippen MR) is 75.1 cm³/mol. The van der Waals surface area contributed by atoms with Crippen LogP contribution in [0.3, 0.4) is 0 Å². The van der Waals surface area contributed by atoms with Gasteiger partial charge < -0.3 is 5.32 Å². The zero-order valence-corrected chi connectivity index (χ0v) is 11.5. The quantitative estimate of drug-likeness (QED) is 0.491. The van der Waals surface area contributed by atoms with Crippen molar-refractivity contribution < 1.29 is 9.72 Å². The fourth-order valence-corrected chi connectivity index (χ4v) is 2.44. The van der Waals surface area contributed by atoms with Gasteiger partial charge in [-0.15, -0.1) is 0 Å². The Labute approximate surface area is 117 Å². The van der Waals surface area contributed by atoms with Crippen molar-refractivity contribution in [2.75, 3.05) is 13.1 Å². The van der Waals surface area contributed by atoms with Gasteiger partial charge in [0.25, 0.3) is 5.69 Å². The van der Waals surface area contributed by atoms with E-state index in [1.54, 1.807) is 6.07 Å². The molecule has 0 bridgehead atoms. The second-order valence-corrected chi connectivity index (χ2v) is 5.00. The lowest BCUT2D eigenvalue weighted by atomic mass is 10.1. The molecule has 6 nitrogen and oxygen atoms in total. The van der Waals surface area contributed by atoms with Crippen molar-refractivity contribution in [1.29, 1.82) is 0 Å². The summed E-state index contributed by atoms with van der Waals surface area (Å²) < 4.78 is 0. The average molecular weight is 277 g/mol. The first-order valence-corrected chi connectivity index (χ1v) is 6.89. The number of non-ortho nitro benzene ring substituents is 1. The van der Waals surface area contributed by atoms with Crippen LogP contribution >= 0.6 is 0 Å². The van der Waals surface area contributed by atoms with Gasteiger partial charge in [-0.2, -0.15) is 0 Å². The zero-order chi connectivity index (χ0) is 14.5. The maximum absolute atomic E-state index is 11.6. The van der Waals surface area contributed by atoms with Crippen molar-refractivity contribution in [3.05, 3.63) is 39.9 Å². The molecule has 1 aromatic carbocycles. The molecule has 6 heteroatoms. The second-order valence-electron chi connectivity index (χ2n) is 5.00. The third kappa shape index (κ3) is 3.33. The van der Waals surface area contributed by atoms with E-state index in [4.69, 9.17) is 0 Å². The molecule has 20 heavy (non-hydrogen) atoms. The van der Waals surface area contributed by atoms with Gasteiger partial charge in [0.05, 0.1) is 11.5 Å². The van der Waals surface area contributed by atoms with Crippen LogP contribution in [0.1, 0.15) is 37.9 Å². The molecular weight excluding hydrogens is 258 g/mol. The van der Waals surface area contributed by atoms with E-state index < -0.39 is 4.92 Å². The smallest absolute Gasteiger partial charge is 0.269 e. The summed E-state index contributed by atoms with van der Waals surface area (Å²) in [5.41, 5.74) is 0.818. The zero-order valence-electron chi connectivity index (χ0n) is 11.5. The van der Waals surface area contributed by atoms with Crippen LogP contribution in [0.2, 0.25) is 0 Å². The summed E-state index contributed by atoms with van der Waals surface area (Å²) in [6.07, 6.45) is 3.01. The lowest BCUT2D eigenvalue weighted by molar-refractivity contribution is -0.385. The molecule has 1 N–H and O–H groups in total. The average Bonchev–Trinajstić information content (AvgIpc) is 2.80. The SMILES string of the molecule is CCCCCN1CC(=O)NC1c1cccc([N+](=O)[O-])c1. The topological polar surface area (TPSA) is 75.5 Å². The van der Waals surface area contributed by atoms with Crippen LogP contribution in [-0.2, 0) is 4.79 Å². The first-order chi connectivity index (χ1) is 9.61. The molecule has 1 atom stereocenters. The van der Waals surface area contributed by atoms with Crippen LogP contribution in [0.4, 0.5) is 5.69 Å². The first kappa shape index (κ1) is 14.5. The van der Waals surface area contributed by atoms with Crippen molar-refractivity contribution in [2.24, 2.45) is 0 Å². The van der Waals surface area contributed by atoms with E-state index in [9.17, 15) is 14.9 Å². The van der Waals surface area contributed by atoms with Crippen LogP contribution < -0.4 is 5.32 Å². The Morgan fingerprint density at radius 1 is 1.45 bits per heavy atom. The van der Waals surface area contributed by atoms with Gasteiger partial charge in [-0.25, -0.2) is 0 Å². The van der Waals surface area contributed by atoms with Gasteiger partial charge in [-0.3, -0.25) is 19.8 Å². The van der Waals surface area contributed by atoms with E-state index in [1.807, 2.05) is 11.0 Å². The first-order valence-electron chi connectivity index (χ1n) is 6.89. The molecule has 1 aliphatic rings. The minimum absolute atomic E-state index is 0.0296. The summed E-state index contributed by atoms with van der Waals surface area (Å²) in [6, 6.07) is 6.46. The number of amides is 1. The van der Waals surface area contributed by atoms with E-state index in [1.165, 1.54) is 12.1 Å². The Morgan fingerprint density at radius 3 is 2.95 bits per heavy atom. The number of nitrogens with zero attached hydrogens (tertiary/aromatic N) is 2. The van der Waals surface area contributed by atoms with E-state index >= 15 is 0 Å². The molecule has 1 amide bonds. The minimum Gasteiger partial charge on any atom is -0.335 e. The molecule has 1 heterocycles. The number of benzene rings is 1. The van der Waals surface area contributed by atoms with Gasteiger partial charge in [0.1, 0.15) is 6.17 Å². The lowest BCUT2D eigenvalue weighted by Gasteiger charge is -2.23. The third-order valence-corrected chi connectivity index (χ3v) is 3.46. The molecule has 1 aromatic rings. The molecule has 1 fully saturated rings. The number of carbonyl (C=O) groups excluding carboxylic acids is 1. The Bertz CT molecular complexity index is 504. The molecule has 0 saturated carbocycles. The minimum atomic E-state index is -0.415. The van der Waals surface area contributed by atoms with Crippen LogP contribution in [0, 0.1) is 10.1 Å². The van der Waals surface area contributed by atoms with Crippen LogP contribution in [0.15, 0.2) is 24.3 Å². The number of nitro groups is 1. The Hall–Kier alpha value is -1.95. The van der Waals surface area contributed by atoms with Crippen molar-refractivity contribution in [2.45, 2.75) is 32.4 Å². The van der Waals surface area contributed by atoms with Gasteiger partial charge in [0.15, 0.2) is 0 Å². The highest BCUT2D eigenvalue weighted by Crippen LogP contribution is 2.25. The van der Waals surface area contributed by atoms with Crippen LogP contribution in [0.5, 0.6) is 0 Å². The van der Waals surface area contributed by atoms with Gasteiger partial charge in [-0.1, -0.05) is 31.9 Å². The Morgan fingerprint density at radius 2 is 2.25 bits per heavy atom. The molecule has 2 rings (SSSR count). The number of nitrogens with one attached hydrogen (secondary N) is 1. The number of carbonyl (C=O) groups is 1. The highest BCUT2D eigenvalue weighted by atomic mass is 16.6. The Kier molecular flexibility index (Phi) is 4.68. The van der Waals surface area contributed by atoms with Gasteiger partial charge >= 0.3 is 0 Å². The largest absolute Gasteiger partial charge is 0.335 e. The fourth-order valence-electron chi connectivity index (χ4n) is 2.44. The van der Waals surface area contributed by atoms with Gasteiger partial charge in [0.2, 0.25) is 5.91 Å². The van der Waals surface area contributed by atoms with E-state index in [-0.39, 0.29) is 17.8 Å².